The number of carbonyl (C=O) groups is 3. The normalized spacial score (nSPS) is 26.6. The highest BCUT2D eigenvalue weighted by atomic mass is 16.3. The molecule has 3 atom stereocenters. The van der Waals surface area contributed by atoms with Gasteiger partial charge in [-0.25, -0.2) is 0 Å². The van der Waals surface area contributed by atoms with Crippen LogP contribution in [0.1, 0.15) is 33.6 Å². The Labute approximate surface area is 143 Å². The van der Waals surface area contributed by atoms with Crippen molar-refractivity contribution >= 4 is 17.7 Å². The predicted molar refractivity (Wildman–Crippen MR) is 89.0 cm³/mol. The second-order valence-corrected chi connectivity index (χ2v) is 7.79. The third-order valence-electron chi connectivity index (χ3n) is 4.96. The number of rotatable bonds is 5. The molecule has 2 saturated heterocycles. The Kier molecular flexibility index (Phi) is 5.22. The summed E-state index contributed by atoms with van der Waals surface area (Å²) >= 11 is 0. The lowest BCUT2D eigenvalue weighted by Crippen LogP contribution is -2.71. The molecule has 2 aliphatic rings. The Morgan fingerprint density at radius 2 is 1.92 bits per heavy atom. The third-order valence-corrected chi connectivity index (χ3v) is 4.96. The van der Waals surface area contributed by atoms with Gasteiger partial charge in [0.2, 0.25) is 17.7 Å². The zero-order valence-electron chi connectivity index (χ0n) is 15.3. The van der Waals surface area contributed by atoms with E-state index in [4.69, 9.17) is 0 Å². The molecule has 0 bridgehead atoms. The number of likely N-dealkylation sites (tertiary alicyclic amines) is 2. The van der Waals surface area contributed by atoms with Gasteiger partial charge in [0.25, 0.3) is 0 Å². The minimum absolute atomic E-state index is 0.00971. The summed E-state index contributed by atoms with van der Waals surface area (Å²) in [5.74, 6) is -0.0673. The molecular formula is C17H29N3O4. The Morgan fingerprint density at radius 1 is 1.29 bits per heavy atom. The first-order chi connectivity index (χ1) is 11.1. The molecule has 2 aliphatic heterocycles. The van der Waals surface area contributed by atoms with Gasteiger partial charge in [0, 0.05) is 40.2 Å². The Morgan fingerprint density at radius 3 is 2.33 bits per heavy atom. The van der Waals surface area contributed by atoms with Crippen LogP contribution in [-0.4, -0.2) is 83.4 Å². The van der Waals surface area contributed by atoms with E-state index in [0.717, 1.165) is 0 Å². The van der Waals surface area contributed by atoms with Crippen molar-refractivity contribution in [1.82, 2.24) is 14.7 Å². The first-order valence-corrected chi connectivity index (χ1v) is 8.57. The van der Waals surface area contributed by atoms with E-state index in [1.54, 1.807) is 14.1 Å². The van der Waals surface area contributed by atoms with Crippen molar-refractivity contribution in [2.45, 2.75) is 45.8 Å². The van der Waals surface area contributed by atoms with Crippen LogP contribution in [0, 0.1) is 11.3 Å². The maximum atomic E-state index is 12.8. The monoisotopic (exact) mass is 339 g/mol. The SMILES string of the molecule is CC(C)CN1CCC2(CC1=O)CN([C@H](C(=O)N(C)C)[C@@H](C)O)C2=O. The highest BCUT2D eigenvalue weighted by Gasteiger charge is 2.58. The van der Waals surface area contributed by atoms with Gasteiger partial charge >= 0.3 is 0 Å². The second kappa shape index (κ2) is 6.70. The van der Waals surface area contributed by atoms with Crippen molar-refractivity contribution in [3.63, 3.8) is 0 Å². The number of aliphatic hydroxyl groups is 1. The summed E-state index contributed by atoms with van der Waals surface area (Å²) in [6.45, 7) is 7.30. The van der Waals surface area contributed by atoms with E-state index in [9.17, 15) is 19.5 Å². The average Bonchev–Trinajstić information content (AvgIpc) is 2.48. The number of nitrogens with zero attached hydrogens (tertiary/aromatic N) is 3. The van der Waals surface area contributed by atoms with Crippen LogP contribution in [0.2, 0.25) is 0 Å². The molecule has 2 fully saturated rings. The quantitative estimate of drug-likeness (QED) is 0.711. The molecular weight excluding hydrogens is 310 g/mol. The minimum Gasteiger partial charge on any atom is -0.391 e. The summed E-state index contributed by atoms with van der Waals surface area (Å²) in [6.07, 6.45) is -0.112. The highest BCUT2D eigenvalue weighted by Crippen LogP contribution is 2.43. The lowest BCUT2D eigenvalue weighted by atomic mass is 9.69. The number of aliphatic hydroxyl groups excluding tert-OH is 1. The lowest BCUT2D eigenvalue weighted by molar-refractivity contribution is -0.181. The van der Waals surface area contributed by atoms with E-state index < -0.39 is 17.6 Å². The van der Waals surface area contributed by atoms with Gasteiger partial charge in [-0.3, -0.25) is 14.4 Å². The fourth-order valence-corrected chi connectivity index (χ4v) is 3.68. The van der Waals surface area contributed by atoms with Crippen LogP contribution in [0.25, 0.3) is 0 Å². The fourth-order valence-electron chi connectivity index (χ4n) is 3.68. The van der Waals surface area contributed by atoms with E-state index in [-0.39, 0.29) is 24.1 Å². The molecule has 2 heterocycles. The van der Waals surface area contributed by atoms with Gasteiger partial charge in [0.05, 0.1) is 11.5 Å². The summed E-state index contributed by atoms with van der Waals surface area (Å²) in [6, 6.07) is -0.873. The number of β-lactam (4-membered cyclic amide) rings is 1. The maximum absolute atomic E-state index is 12.8. The van der Waals surface area contributed by atoms with Crippen LogP contribution >= 0.6 is 0 Å². The zero-order valence-corrected chi connectivity index (χ0v) is 15.3. The summed E-state index contributed by atoms with van der Waals surface area (Å²) in [7, 11) is 3.21. The molecule has 7 nitrogen and oxygen atoms in total. The van der Waals surface area contributed by atoms with Crippen LogP contribution in [0.4, 0.5) is 0 Å². The number of piperidine rings is 1. The molecule has 0 aromatic heterocycles. The number of amides is 3. The van der Waals surface area contributed by atoms with Gasteiger partial charge in [-0.05, 0) is 19.3 Å². The minimum atomic E-state index is -0.946. The fraction of sp³-hybridized carbons (Fsp3) is 0.824. The molecule has 0 saturated carbocycles. The van der Waals surface area contributed by atoms with Gasteiger partial charge in [-0.2, -0.15) is 0 Å². The molecule has 3 amide bonds. The Hall–Kier alpha value is -1.63. The standard InChI is InChI=1S/C17H29N3O4/c1-11(2)9-19-7-6-17(8-13(19)22)10-20(16(17)24)14(12(3)21)15(23)18(4)5/h11-12,14,21H,6-10H2,1-5H3/t12-,14+,17?/m1/s1. The molecule has 136 valence electrons. The largest absolute Gasteiger partial charge is 0.391 e. The summed E-state index contributed by atoms with van der Waals surface area (Å²) in [4.78, 5) is 42.0. The van der Waals surface area contributed by atoms with Crippen LogP contribution in [0.3, 0.4) is 0 Å². The zero-order chi connectivity index (χ0) is 18.2. The van der Waals surface area contributed by atoms with E-state index in [1.165, 1.54) is 16.7 Å². The van der Waals surface area contributed by atoms with E-state index in [0.29, 0.717) is 32.0 Å². The summed E-state index contributed by atoms with van der Waals surface area (Å²) in [5, 5.41) is 9.95. The van der Waals surface area contributed by atoms with Crippen LogP contribution in [0.5, 0.6) is 0 Å². The first kappa shape index (κ1) is 18.7. The molecule has 0 aliphatic carbocycles. The predicted octanol–water partition coefficient (Wildman–Crippen LogP) is -0.0690. The lowest BCUT2D eigenvalue weighted by Gasteiger charge is -2.54. The molecule has 1 N–H and O–H groups in total. The van der Waals surface area contributed by atoms with Crippen LogP contribution < -0.4 is 0 Å². The topological polar surface area (TPSA) is 81.2 Å². The van der Waals surface area contributed by atoms with Crippen molar-refractivity contribution in [1.29, 1.82) is 0 Å². The molecule has 1 unspecified atom stereocenters. The Balaban J connectivity index is 2.07. The van der Waals surface area contributed by atoms with E-state index in [1.807, 2.05) is 4.90 Å². The van der Waals surface area contributed by atoms with Crippen molar-refractivity contribution in [2.75, 3.05) is 33.7 Å². The van der Waals surface area contributed by atoms with Gasteiger partial charge in [-0.1, -0.05) is 13.8 Å². The second-order valence-electron chi connectivity index (χ2n) is 7.79. The van der Waals surface area contributed by atoms with Gasteiger partial charge < -0.3 is 19.8 Å². The van der Waals surface area contributed by atoms with Crippen molar-refractivity contribution < 1.29 is 19.5 Å². The molecule has 2 rings (SSSR count). The summed E-state index contributed by atoms with van der Waals surface area (Å²) in [5.41, 5.74) is -0.676. The summed E-state index contributed by atoms with van der Waals surface area (Å²) < 4.78 is 0. The Bertz CT molecular complexity index is 532. The highest BCUT2D eigenvalue weighted by molar-refractivity contribution is 5.98. The average molecular weight is 339 g/mol. The smallest absolute Gasteiger partial charge is 0.247 e. The van der Waals surface area contributed by atoms with Crippen molar-refractivity contribution in [3.8, 4) is 0 Å². The first-order valence-electron chi connectivity index (χ1n) is 8.57. The van der Waals surface area contributed by atoms with Crippen LogP contribution in [0.15, 0.2) is 0 Å². The van der Waals surface area contributed by atoms with E-state index >= 15 is 0 Å². The van der Waals surface area contributed by atoms with Crippen LogP contribution in [-0.2, 0) is 14.4 Å². The van der Waals surface area contributed by atoms with Gasteiger partial charge in [0.15, 0.2) is 0 Å². The number of carbonyl (C=O) groups excluding carboxylic acids is 3. The van der Waals surface area contributed by atoms with E-state index in [2.05, 4.69) is 13.8 Å². The molecule has 0 aromatic carbocycles. The number of hydrogen-bond acceptors (Lipinski definition) is 4. The molecule has 1 spiro atoms. The molecule has 24 heavy (non-hydrogen) atoms. The molecule has 7 heteroatoms. The van der Waals surface area contributed by atoms with Gasteiger partial charge in [-0.15, -0.1) is 0 Å². The molecule has 0 radical (unpaired) electrons. The van der Waals surface area contributed by atoms with Crippen molar-refractivity contribution in [2.24, 2.45) is 11.3 Å². The maximum Gasteiger partial charge on any atom is 0.247 e. The number of likely N-dealkylation sites (N-methyl/N-ethyl adjacent to an activating group) is 1. The van der Waals surface area contributed by atoms with Crippen molar-refractivity contribution in [3.05, 3.63) is 0 Å². The van der Waals surface area contributed by atoms with Gasteiger partial charge in [0.1, 0.15) is 6.04 Å². The third kappa shape index (κ3) is 3.27. The molecule has 0 aromatic rings. The number of hydrogen-bond donors (Lipinski definition) is 1.